The highest BCUT2D eigenvalue weighted by molar-refractivity contribution is 14.1. The van der Waals surface area contributed by atoms with Gasteiger partial charge in [-0.05, 0) is 40.8 Å². The largest absolute Gasteiger partial charge is 0.478 e. The van der Waals surface area contributed by atoms with E-state index in [1.165, 1.54) is 18.2 Å². The van der Waals surface area contributed by atoms with Crippen LogP contribution >= 0.6 is 22.6 Å². The fraction of sp³-hybridized carbons (Fsp3) is 0. The molecule has 1 aromatic rings. The summed E-state index contributed by atoms with van der Waals surface area (Å²) in [5.74, 6) is -2.11. The third-order valence-electron chi connectivity index (χ3n) is 1.45. The first kappa shape index (κ1) is 9.97. The fourth-order valence-corrected chi connectivity index (χ4v) is 1.57. The van der Waals surface area contributed by atoms with E-state index in [9.17, 15) is 9.59 Å². The predicted molar refractivity (Wildman–Crippen MR) is 53.1 cm³/mol. The van der Waals surface area contributed by atoms with Crippen molar-refractivity contribution < 1.29 is 19.8 Å². The highest BCUT2D eigenvalue weighted by Gasteiger charge is 2.10. The molecule has 0 saturated carbocycles. The summed E-state index contributed by atoms with van der Waals surface area (Å²) in [6.07, 6.45) is 0. The van der Waals surface area contributed by atoms with Crippen LogP contribution in [0.2, 0.25) is 0 Å². The van der Waals surface area contributed by atoms with Crippen LogP contribution in [0.4, 0.5) is 0 Å². The van der Waals surface area contributed by atoms with Gasteiger partial charge >= 0.3 is 11.9 Å². The monoisotopic (exact) mass is 292 g/mol. The Labute approximate surface area is 87.3 Å². The molecule has 13 heavy (non-hydrogen) atoms. The molecule has 0 aliphatic rings. The molecule has 0 bridgehead atoms. The molecule has 0 saturated heterocycles. The molecule has 68 valence electrons. The van der Waals surface area contributed by atoms with Gasteiger partial charge in [0.15, 0.2) is 0 Å². The average Bonchev–Trinajstić information content (AvgIpc) is 2.03. The molecule has 0 aromatic heterocycles. The molecule has 0 aliphatic heterocycles. The van der Waals surface area contributed by atoms with Crippen LogP contribution in [0.5, 0.6) is 0 Å². The zero-order chi connectivity index (χ0) is 10.0. The smallest absolute Gasteiger partial charge is 0.336 e. The van der Waals surface area contributed by atoms with Crippen LogP contribution in [-0.2, 0) is 0 Å². The summed E-state index contributed by atoms with van der Waals surface area (Å²) in [5, 5.41) is 17.2. The van der Waals surface area contributed by atoms with Crippen LogP contribution in [0.1, 0.15) is 20.7 Å². The molecule has 0 aliphatic carbocycles. The van der Waals surface area contributed by atoms with Crippen LogP contribution in [0, 0.1) is 3.57 Å². The Kier molecular flexibility index (Phi) is 2.86. The summed E-state index contributed by atoms with van der Waals surface area (Å²) in [4.78, 5) is 21.0. The lowest BCUT2D eigenvalue weighted by Crippen LogP contribution is -2.03. The SMILES string of the molecule is O=C(O)c1ccc(C(=O)O)c(I)c1. The molecule has 4 nitrogen and oxygen atoms in total. The Morgan fingerprint density at radius 2 is 1.77 bits per heavy atom. The van der Waals surface area contributed by atoms with E-state index in [1.54, 1.807) is 22.6 Å². The van der Waals surface area contributed by atoms with Crippen LogP contribution in [0.3, 0.4) is 0 Å². The number of carboxylic acid groups (broad SMARTS) is 2. The highest BCUT2D eigenvalue weighted by atomic mass is 127. The van der Waals surface area contributed by atoms with Crippen molar-refractivity contribution >= 4 is 34.5 Å². The van der Waals surface area contributed by atoms with E-state index in [0.717, 1.165) is 0 Å². The van der Waals surface area contributed by atoms with Gasteiger partial charge in [-0.3, -0.25) is 0 Å². The van der Waals surface area contributed by atoms with Gasteiger partial charge in [-0.1, -0.05) is 0 Å². The van der Waals surface area contributed by atoms with Gasteiger partial charge in [-0.15, -0.1) is 0 Å². The highest BCUT2D eigenvalue weighted by Crippen LogP contribution is 2.14. The molecule has 0 unspecified atom stereocenters. The average molecular weight is 292 g/mol. The Hall–Kier alpha value is -1.11. The van der Waals surface area contributed by atoms with Gasteiger partial charge in [0, 0.05) is 3.57 Å². The number of hydrogen-bond donors (Lipinski definition) is 2. The molecule has 2 N–H and O–H groups in total. The molecule has 1 rings (SSSR count). The van der Waals surface area contributed by atoms with E-state index in [4.69, 9.17) is 10.2 Å². The van der Waals surface area contributed by atoms with E-state index < -0.39 is 11.9 Å². The van der Waals surface area contributed by atoms with Crippen molar-refractivity contribution in [1.29, 1.82) is 0 Å². The summed E-state index contributed by atoms with van der Waals surface area (Å²) in [6.45, 7) is 0. The molecule has 0 amide bonds. The van der Waals surface area contributed by atoms with E-state index in [1.807, 2.05) is 0 Å². The fourth-order valence-electron chi connectivity index (χ4n) is 0.822. The van der Waals surface area contributed by atoms with Crippen molar-refractivity contribution in [2.45, 2.75) is 0 Å². The summed E-state index contributed by atoms with van der Waals surface area (Å²) < 4.78 is 0.421. The first-order valence-corrected chi connectivity index (χ1v) is 4.36. The van der Waals surface area contributed by atoms with Crippen LogP contribution in [0.25, 0.3) is 0 Å². The lowest BCUT2D eigenvalue weighted by atomic mass is 10.1. The number of carboxylic acids is 2. The second-order valence-corrected chi connectivity index (χ2v) is 3.47. The van der Waals surface area contributed by atoms with Crippen molar-refractivity contribution in [3.8, 4) is 0 Å². The number of benzene rings is 1. The quantitative estimate of drug-likeness (QED) is 0.813. The Morgan fingerprint density at radius 3 is 2.15 bits per heavy atom. The lowest BCUT2D eigenvalue weighted by Gasteiger charge is -1.99. The van der Waals surface area contributed by atoms with Crippen LogP contribution in [-0.4, -0.2) is 22.2 Å². The Morgan fingerprint density at radius 1 is 1.15 bits per heavy atom. The van der Waals surface area contributed by atoms with Gasteiger partial charge in [-0.2, -0.15) is 0 Å². The van der Waals surface area contributed by atoms with Gasteiger partial charge in [-0.25, -0.2) is 9.59 Å². The van der Waals surface area contributed by atoms with Gasteiger partial charge in [0.1, 0.15) is 0 Å². The van der Waals surface area contributed by atoms with E-state index >= 15 is 0 Å². The third kappa shape index (κ3) is 2.18. The number of carbonyl (C=O) groups is 2. The maximum atomic E-state index is 10.6. The first-order chi connectivity index (χ1) is 6.02. The maximum Gasteiger partial charge on any atom is 0.336 e. The first-order valence-electron chi connectivity index (χ1n) is 3.28. The molecule has 0 heterocycles. The number of halogens is 1. The Balaban J connectivity index is 3.20. The molecule has 0 fully saturated rings. The third-order valence-corrected chi connectivity index (χ3v) is 2.34. The van der Waals surface area contributed by atoms with E-state index in [2.05, 4.69) is 0 Å². The predicted octanol–water partition coefficient (Wildman–Crippen LogP) is 1.69. The number of hydrogen-bond acceptors (Lipinski definition) is 2. The van der Waals surface area contributed by atoms with E-state index in [-0.39, 0.29) is 11.1 Å². The molecule has 5 heteroatoms. The van der Waals surface area contributed by atoms with Gasteiger partial charge in [0.2, 0.25) is 0 Å². The van der Waals surface area contributed by atoms with Crippen molar-refractivity contribution in [3.63, 3.8) is 0 Å². The second-order valence-electron chi connectivity index (χ2n) is 2.30. The zero-order valence-corrected chi connectivity index (χ0v) is 8.48. The number of rotatable bonds is 2. The molecular formula is C8H5IO4. The van der Waals surface area contributed by atoms with Crippen LogP contribution < -0.4 is 0 Å². The molecule has 0 atom stereocenters. The standard InChI is InChI=1S/C8H5IO4/c9-6-3-4(7(10)11)1-2-5(6)8(12)13/h1-3H,(H,10,11)(H,12,13). The van der Waals surface area contributed by atoms with Gasteiger partial charge < -0.3 is 10.2 Å². The Bertz CT molecular complexity index is 372. The van der Waals surface area contributed by atoms with E-state index in [0.29, 0.717) is 3.57 Å². The summed E-state index contributed by atoms with van der Waals surface area (Å²) in [7, 11) is 0. The lowest BCUT2D eigenvalue weighted by molar-refractivity contribution is 0.0680. The molecular weight excluding hydrogens is 287 g/mol. The minimum absolute atomic E-state index is 0.0920. The molecule has 0 spiro atoms. The van der Waals surface area contributed by atoms with Gasteiger partial charge in [0.05, 0.1) is 11.1 Å². The minimum Gasteiger partial charge on any atom is -0.478 e. The molecule has 1 aromatic carbocycles. The molecule has 0 radical (unpaired) electrons. The summed E-state index contributed by atoms with van der Waals surface area (Å²) >= 11 is 1.79. The normalized spacial score (nSPS) is 9.62. The van der Waals surface area contributed by atoms with Gasteiger partial charge in [0.25, 0.3) is 0 Å². The zero-order valence-electron chi connectivity index (χ0n) is 6.32. The van der Waals surface area contributed by atoms with Crippen molar-refractivity contribution in [3.05, 3.63) is 32.9 Å². The number of aromatic carboxylic acids is 2. The topological polar surface area (TPSA) is 74.6 Å². The van der Waals surface area contributed by atoms with Crippen molar-refractivity contribution in [2.24, 2.45) is 0 Å². The van der Waals surface area contributed by atoms with Crippen molar-refractivity contribution in [2.75, 3.05) is 0 Å². The summed E-state index contributed by atoms with van der Waals surface area (Å²) in [6, 6.07) is 3.88. The van der Waals surface area contributed by atoms with Crippen molar-refractivity contribution in [1.82, 2.24) is 0 Å². The second kappa shape index (κ2) is 3.73. The minimum atomic E-state index is -1.06. The maximum absolute atomic E-state index is 10.6. The summed E-state index contributed by atoms with van der Waals surface area (Å²) in [5.41, 5.74) is 0.208. The van der Waals surface area contributed by atoms with Crippen LogP contribution in [0.15, 0.2) is 18.2 Å².